The first-order chi connectivity index (χ1) is 11.9. The molecule has 7 heteroatoms. The number of nitrogens with one attached hydrogen (secondary N) is 3. The molecule has 0 aliphatic carbocycles. The summed E-state index contributed by atoms with van der Waals surface area (Å²) < 4.78 is 4.87. The number of hydrogen-bond acceptors (Lipinski definition) is 4. The first kappa shape index (κ1) is 18.5. The lowest BCUT2D eigenvalue weighted by Crippen LogP contribution is -2.16. The summed E-state index contributed by atoms with van der Waals surface area (Å²) in [5.41, 5.74) is 3.18. The molecule has 0 aliphatic heterocycles. The van der Waals surface area contributed by atoms with Crippen LogP contribution in [0.25, 0.3) is 0 Å². The van der Waals surface area contributed by atoms with Crippen LogP contribution in [0.4, 0.5) is 16.2 Å². The van der Waals surface area contributed by atoms with Gasteiger partial charge in [0, 0.05) is 17.1 Å². The van der Waals surface area contributed by atoms with E-state index in [-0.39, 0.29) is 5.91 Å². The molecule has 0 bridgehead atoms. The van der Waals surface area contributed by atoms with Gasteiger partial charge in [0.05, 0.1) is 6.61 Å². The Kier molecular flexibility index (Phi) is 6.16. The molecule has 1 heterocycles. The molecule has 0 atom stereocenters. The molecule has 0 spiro atoms. The molecule has 2 aromatic rings. The van der Waals surface area contributed by atoms with E-state index in [1.165, 1.54) is 0 Å². The summed E-state index contributed by atoms with van der Waals surface area (Å²) in [6.07, 6.45) is 0.304. The van der Waals surface area contributed by atoms with E-state index in [9.17, 15) is 9.59 Å². The van der Waals surface area contributed by atoms with Crippen molar-refractivity contribution in [3.8, 4) is 0 Å². The van der Waals surface area contributed by atoms with Gasteiger partial charge in [-0.3, -0.25) is 15.2 Å². The SMILES string of the molecule is CCOC(=O)Nc1cccc(NC(=O)c2cc(CC(C)C)[nH]n2)c1C. The number of carbonyl (C=O) groups is 2. The zero-order chi connectivity index (χ0) is 18.4. The quantitative estimate of drug-likeness (QED) is 0.744. The van der Waals surface area contributed by atoms with Crippen molar-refractivity contribution in [3.63, 3.8) is 0 Å². The molecular formula is C18H24N4O3. The van der Waals surface area contributed by atoms with Crippen molar-refractivity contribution in [2.24, 2.45) is 5.92 Å². The van der Waals surface area contributed by atoms with Crippen LogP contribution in [0, 0.1) is 12.8 Å². The maximum Gasteiger partial charge on any atom is 0.411 e. The molecule has 0 saturated heterocycles. The molecule has 1 aromatic heterocycles. The summed E-state index contributed by atoms with van der Waals surface area (Å²) in [7, 11) is 0. The summed E-state index contributed by atoms with van der Waals surface area (Å²) in [6, 6.07) is 7.02. The lowest BCUT2D eigenvalue weighted by Gasteiger charge is -2.12. The number of nitrogens with zero attached hydrogens (tertiary/aromatic N) is 1. The van der Waals surface area contributed by atoms with Crippen molar-refractivity contribution in [2.45, 2.75) is 34.1 Å². The number of carbonyl (C=O) groups excluding carboxylic acids is 2. The fraction of sp³-hybridized carbons (Fsp3) is 0.389. The van der Waals surface area contributed by atoms with Gasteiger partial charge in [-0.05, 0) is 49.9 Å². The summed E-state index contributed by atoms with van der Waals surface area (Å²) in [5.74, 6) is 0.173. The molecule has 0 aliphatic rings. The van der Waals surface area contributed by atoms with Gasteiger partial charge in [0.25, 0.3) is 5.91 Å². The second kappa shape index (κ2) is 8.32. The smallest absolute Gasteiger partial charge is 0.411 e. The zero-order valence-corrected chi connectivity index (χ0v) is 15.0. The number of aromatic nitrogens is 2. The Balaban J connectivity index is 2.10. The molecule has 0 unspecified atom stereocenters. The summed E-state index contributed by atoms with van der Waals surface area (Å²) in [4.78, 5) is 24.0. The first-order valence-corrected chi connectivity index (χ1v) is 8.29. The van der Waals surface area contributed by atoms with Gasteiger partial charge < -0.3 is 10.1 Å². The molecule has 25 heavy (non-hydrogen) atoms. The number of ether oxygens (including phenoxy) is 1. The second-order valence-electron chi connectivity index (χ2n) is 6.15. The van der Waals surface area contributed by atoms with Crippen molar-refractivity contribution >= 4 is 23.4 Å². The van der Waals surface area contributed by atoms with E-state index in [4.69, 9.17) is 4.74 Å². The lowest BCUT2D eigenvalue weighted by atomic mass is 10.1. The summed E-state index contributed by atoms with van der Waals surface area (Å²) in [6.45, 7) is 8.05. The van der Waals surface area contributed by atoms with Crippen LogP contribution in [0.1, 0.15) is 42.5 Å². The van der Waals surface area contributed by atoms with E-state index in [0.29, 0.717) is 29.6 Å². The Morgan fingerprint density at radius 3 is 2.56 bits per heavy atom. The summed E-state index contributed by atoms with van der Waals surface area (Å²) >= 11 is 0. The molecule has 1 aromatic carbocycles. The third-order valence-electron chi connectivity index (χ3n) is 3.59. The molecular weight excluding hydrogens is 320 g/mol. The fourth-order valence-corrected chi connectivity index (χ4v) is 2.39. The average Bonchev–Trinajstić information content (AvgIpc) is 2.99. The van der Waals surface area contributed by atoms with Gasteiger partial charge >= 0.3 is 6.09 Å². The highest BCUT2D eigenvalue weighted by Gasteiger charge is 2.14. The van der Waals surface area contributed by atoms with Gasteiger partial charge in [-0.15, -0.1) is 0 Å². The molecule has 0 radical (unpaired) electrons. The number of benzene rings is 1. The number of anilines is 2. The van der Waals surface area contributed by atoms with Crippen LogP contribution >= 0.6 is 0 Å². The van der Waals surface area contributed by atoms with Crippen LogP contribution in [0.2, 0.25) is 0 Å². The van der Waals surface area contributed by atoms with Gasteiger partial charge in [-0.1, -0.05) is 19.9 Å². The second-order valence-corrected chi connectivity index (χ2v) is 6.15. The van der Waals surface area contributed by atoms with Crippen LogP contribution in [0.5, 0.6) is 0 Å². The fourth-order valence-electron chi connectivity index (χ4n) is 2.39. The minimum Gasteiger partial charge on any atom is -0.450 e. The predicted molar refractivity (Wildman–Crippen MR) is 96.9 cm³/mol. The molecule has 134 valence electrons. The van der Waals surface area contributed by atoms with Crippen molar-refractivity contribution in [2.75, 3.05) is 17.2 Å². The third-order valence-corrected chi connectivity index (χ3v) is 3.59. The summed E-state index contributed by atoms with van der Waals surface area (Å²) in [5, 5.41) is 12.4. The number of hydrogen-bond donors (Lipinski definition) is 3. The topological polar surface area (TPSA) is 96.1 Å². The highest BCUT2D eigenvalue weighted by atomic mass is 16.5. The van der Waals surface area contributed by atoms with Gasteiger partial charge in [0.2, 0.25) is 0 Å². The number of H-pyrrole nitrogens is 1. The van der Waals surface area contributed by atoms with Gasteiger partial charge in [0.1, 0.15) is 0 Å². The van der Waals surface area contributed by atoms with E-state index in [2.05, 4.69) is 34.7 Å². The lowest BCUT2D eigenvalue weighted by molar-refractivity contribution is 0.102. The van der Waals surface area contributed by atoms with Crippen molar-refractivity contribution in [1.82, 2.24) is 10.2 Å². The standard InChI is InChI=1S/C18H24N4O3/c1-5-25-18(24)20-15-8-6-7-14(12(15)4)19-17(23)16-10-13(21-22-16)9-11(2)3/h6-8,10-11H,5,9H2,1-4H3,(H,19,23)(H,20,24)(H,21,22). The van der Waals surface area contributed by atoms with Crippen LogP contribution in [0.15, 0.2) is 24.3 Å². The predicted octanol–water partition coefficient (Wildman–Crippen LogP) is 3.74. The maximum atomic E-state index is 12.4. The van der Waals surface area contributed by atoms with Gasteiger partial charge in [-0.2, -0.15) is 5.10 Å². The molecule has 0 saturated carbocycles. The molecule has 2 amide bonds. The van der Waals surface area contributed by atoms with E-state index in [0.717, 1.165) is 17.7 Å². The third kappa shape index (κ3) is 5.07. The first-order valence-electron chi connectivity index (χ1n) is 8.29. The number of aromatic amines is 1. The zero-order valence-electron chi connectivity index (χ0n) is 15.0. The van der Waals surface area contributed by atoms with E-state index >= 15 is 0 Å². The molecule has 0 fully saturated rings. The Morgan fingerprint density at radius 1 is 1.24 bits per heavy atom. The minimum absolute atomic E-state index is 0.291. The average molecular weight is 344 g/mol. The van der Waals surface area contributed by atoms with E-state index in [1.54, 1.807) is 31.2 Å². The highest BCUT2D eigenvalue weighted by Crippen LogP contribution is 2.24. The highest BCUT2D eigenvalue weighted by molar-refractivity contribution is 6.04. The molecule has 7 nitrogen and oxygen atoms in total. The largest absolute Gasteiger partial charge is 0.450 e. The number of amides is 2. The number of rotatable bonds is 6. The monoisotopic (exact) mass is 344 g/mol. The van der Waals surface area contributed by atoms with E-state index in [1.807, 2.05) is 6.92 Å². The van der Waals surface area contributed by atoms with Crippen LogP contribution in [0.3, 0.4) is 0 Å². The Bertz CT molecular complexity index is 753. The Hall–Kier alpha value is -2.83. The van der Waals surface area contributed by atoms with Crippen molar-refractivity contribution in [3.05, 3.63) is 41.2 Å². The van der Waals surface area contributed by atoms with Crippen LogP contribution in [-0.2, 0) is 11.2 Å². The van der Waals surface area contributed by atoms with Gasteiger partial charge in [-0.25, -0.2) is 4.79 Å². The minimum atomic E-state index is -0.528. The maximum absolute atomic E-state index is 12.4. The van der Waals surface area contributed by atoms with Crippen molar-refractivity contribution in [1.29, 1.82) is 0 Å². The van der Waals surface area contributed by atoms with Gasteiger partial charge in [0.15, 0.2) is 5.69 Å². The normalized spacial score (nSPS) is 10.6. The Labute approximate surface area is 147 Å². The van der Waals surface area contributed by atoms with E-state index < -0.39 is 6.09 Å². The van der Waals surface area contributed by atoms with Crippen LogP contribution < -0.4 is 10.6 Å². The Morgan fingerprint density at radius 2 is 1.92 bits per heavy atom. The molecule has 2 rings (SSSR count). The molecule has 3 N–H and O–H groups in total. The van der Waals surface area contributed by atoms with Crippen LogP contribution in [-0.4, -0.2) is 28.8 Å². The van der Waals surface area contributed by atoms with Crippen molar-refractivity contribution < 1.29 is 14.3 Å².